The molecule has 0 fully saturated rings. The zero-order chi connectivity index (χ0) is 40.1. The minimum absolute atomic E-state index is 0.711. The van der Waals surface area contributed by atoms with E-state index in [9.17, 15) is 0 Å². The molecule has 0 aliphatic heterocycles. The molecular weight excluding hydrogens is 737 g/mol. The van der Waals surface area contributed by atoms with Crippen molar-refractivity contribution in [3.8, 4) is 102 Å². The number of nitrogens with zero attached hydrogens (tertiary/aromatic N) is 8. The average Bonchev–Trinajstić information content (AvgIpc) is 3.35. The van der Waals surface area contributed by atoms with Crippen LogP contribution < -0.4 is 0 Å². The number of hydrogen-bond acceptors (Lipinski definition) is 8. The highest BCUT2D eigenvalue weighted by Gasteiger charge is 2.18. The van der Waals surface area contributed by atoms with Crippen LogP contribution in [-0.4, -0.2) is 39.9 Å². The van der Waals surface area contributed by atoms with E-state index in [4.69, 9.17) is 19.9 Å². The van der Waals surface area contributed by atoms with Crippen LogP contribution in [0.2, 0.25) is 0 Å². The Morgan fingerprint density at radius 1 is 0.183 bits per heavy atom. The Hall–Kier alpha value is -8.36. The molecule has 0 saturated heterocycles. The van der Waals surface area contributed by atoms with Gasteiger partial charge in [-0.15, -0.1) is 0 Å². The van der Waals surface area contributed by atoms with E-state index in [1.54, 1.807) is 24.8 Å². The van der Waals surface area contributed by atoms with Crippen LogP contribution in [0.3, 0.4) is 0 Å². The number of benzene rings is 2. The molecule has 0 aliphatic carbocycles. The molecule has 60 heavy (non-hydrogen) atoms. The lowest BCUT2D eigenvalue weighted by Gasteiger charge is -2.15. The van der Waals surface area contributed by atoms with Crippen LogP contribution in [0.5, 0.6) is 0 Å². The van der Waals surface area contributed by atoms with Crippen LogP contribution in [0.25, 0.3) is 102 Å². The highest BCUT2D eigenvalue weighted by Crippen LogP contribution is 2.37. The lowest BCUT2D eigenvalue weighted by Crippen LogP contribution is -1.98. The van der Waals surface area contributed by atoms with Crippen LogP contribution in [-0.2, 0) is 0 Å². The molecule has 0 N–H and O–H groups in total. The van der Waals surface area contributed by atoms with Gasteiger partial charge in [-0.25, -0.2) is 19.9 Å². The molecule has 8 nitrogen and oxygen atoms in total. The van der Waals surface area contributed by atoms with E-state index in [0.717, 1.165) is 78.9 Å². The van der Waals surface area contributed by atoms with Crippen molar-refractivity contribution in [2.24, 2.45) is 0 Å². The first-order valence-electron chi connectivity index (χ1n) is 19.6. The maximum absolute atomic E-state index is 5.45. The van der Waals surface area contributed by atoms with Crippen molar-refractivity contribution in [2.45, 2.75) is 0 Å². The third-order valence-corrected chi connectivity index (χ3v) is 10.1. The molecule has 282 valence electrons. The van der Waals surface area contributed by atoms with Gasteiger partial charge in [-0.05, 0) is 108 Å². The van der Waals surface area contributed by atoms with Crippen molar-refractivity contribution in [1.29, 1.82) is 0 Å². The molecule has 2 aromatic carbocycles. The molecule has 0 unspecified atom stereocenters. The van der Waals surface area contributed by atoms with Gasteiger partial charge in [0, 0.05) is 47.0 Å². The normalized spacial score (nSPS) is 11.0. The summed E-state index contributed by atoms with van der Waals surface area (Å²) in [4.78, 5) is 39.4. The van der Waals surface area contributed by atoms with E-state index in [-0.39, 0.29) is 0 Å². The van der Waals surface area contributed by atoms with E-state index < -0.39 is 0 Å². The summed E-state index contributed by atoms with van der Waals surface area (Å²) in [6, 6.07) is 60.7. The Balaban J connectivity index is 1.24. The molecule has 8 aromatic heterocycles. The first kappa shape index (κ1) is 36.0. The predicted molar refractivity (Wildman–Crippen MR) is 238 cm³/mol. The second-order valence-corrected chi connectivity index (χ2v) is 14.1. The van der Waals surface area contributed by atoms with E-state index in [1.807, 2.05) is 133 Å². The number of hydrogen-bond donors (Lipinski definition) is 0. The van der Waals surface area contributed by atoms with E-state index in [1.165, 1.54) is 0 Å². The quantitative estimate of drug-likeness (QED) is 0.143. The molecule has 10 aromatic rings. The molecular formula is C52H34N8. The summed E-state index contributed by atoms with van der Waals surface area (Å²) in [6.07, 6.45) is 7.12. The van der Waals surface area contributed by atoms with Crippen molar-refractivity contribution < 1.29 is 0 Å². The Labute approximate surface area is 347 Å². The summed E-state index contributed by atoms with van der Waals surface area (Å²) in [6.45, 7) is 0. The summed E-state index contributed by atoms with van der Waals surface area (Å²) < 4.78 is 0. The smallest absolute Gasteiger partial charge is 0.0901 e. The van der Waals surface area contributed by atoms with Crippen molar-refractivity contribution in [3.63, 3.8) is 0 Å². The number of pyridine rings is 8. The van der Waals surface area contributed by atoms with Gasteiger partial charge in [0.05, 0.1) is 68.3 Å². The molecule has 0 amide bonds. The molecule has 0 bridgehead atoms. The molecule has 8 heterocycles. The van der Waals surface area contributed by atoms with E-state index >= 15 is 0 Å². The fourth-order valence-electron chi connectivity index (χ4n) is 7.14. The zero-order valence-corrected chi connectivity index (χ0v) is 32.2. The standard InChI is InChI=1S/C52H34N8/c1-3-15-35(16-4-1)45-27-37(28-46(57-45)36-17-5-2-6-18-36)38-29-47(39-31-49(41-19-7-11-23-53-41)59-50(32-39)42-20-8-12-24-54-42)58-48(30-38)40-33-51(43-21-9-13-25-55-43)60-52(34-40)44-22-10-14-26-56-44/h1-34H. The van der Waals surface area contributed by atoms with Crippen LogP contribution in [0.1, 0.15) is 0 Å². The molecule has 0 aliphatic rings. The Kier molecular flexibility index (Phi) is 9.75. The SMILES string of the molecule is c1ccc(-c2cc(-c3cc(-c4cc(-c5ccccn5)nc(-c5ccccn5)c4)nc(-c4cc(-c5ccccn5)nc(-c5ccccn5)c4)c3)cc(-c3ccccc3)n2)cc1. The van der Waals surface area contributed by atoms with Gasteiger partial charge in [0.2, 0.25) is 0 Å². The van der Waals surface area contributed by atoms with Gasteiger partial charge in [0.25, 0.3) is 0 Å². The maximum atomic E-state index is 5.45. The number of rotatable bonds is 9. The first-order valence-corrected chi connectivity index (χ1v) is 19.6. The van der Waals surface area contributed by atoms with Crippen LogP contribution in [0, 0.1) is 0 Å². The second kappa shape index (κ2) is 16.2. The molecule has 0 atom stereocenters. The largest absolute Gasteiger partial charge is 0.255 e. The highest BCUT2D eigenvalue weighted by atomic mass is 14.8. The minimum Gasteiger partial charge on any atom is -0.255 e. The third-order valence-electron chi connectivity index (χ3n) is 10.1. The number of aromatic nitrogens is 8. The Bertz CT molecular complexity index is 2540. The van der Waals surface area contributed by atoms with E-state index in [0.29, 0.717) is 22.8 Å². The van der Waals surface area contributed by atoms with Crippen LogP contribution in [0.15, 0.2) is 207 Å². The average molecular weight is 771 g/mol. The van der Waals surface area contributed by atoms with Gasteiger partial charge in [0.15, 0.2) is 0 Å². The molecule has 8 heteroatoms. The van der Waals surface area contributed by atoms with Crippen molar-refractivity contribution >= 4 is 0 Å². The Morgan fingerprint density at radius 3 is 0.717 bits per heavy atom. The van der Waals surface area contributed by atoms with Gasteiger partial charge >= 0.3 is 0 Å². The second-order valence-electron chi connectivity index (χ2n) is 14.1. The lowest BCUT2D eigenvalue weighted by molar-refractivity contribution is 1.21. The molecule has 0 spiro atoms. The summed E-state index contributed by atoms with van der Waals surface area (Å²) >= 11 is 0. The summed E-state index contributed by atoms with van der Waals surface area (Å²) in [5, 5.41) is 0. The lowest BCUT2D eigenvalue weighted by atomic mass is 9.96. The van der Waals surface area contributed by atoms with Crippen LogP contribution >= 0.6 is 0 Å². The zero-order valence-electron chi connectivity index (χ0n) is 32.2. The van der Waals surface area contributed by atoms with Crippen molar-refractivity contribution in [1.82, 2.24) is 39.9 Å². The van der Waals surface area contributed by atoms with Gasteiger partial charge in [0.1, 0.15) is 0 Å². The van der Waals surface area contributed by atoms with Crippen LogP contribution in [0.4, 0.5) is 0 Å². The monoisotopic (exact) mass is 770 g/mol. The van der Waals surface area contributed by atoms with Crippen molar-refractivity contribution in [2.75, 3.05) is 0 Å². The first-order chi connectivity index (χ1) is 29.7. The maximum Gasteiger partial charge on any atom is 0.0901 e. The molecule has 0 radical (unpaired) electrons. The van der Waals surface area contributed by atoms with Gasteiger partial charge in [-0.1, -0.05) is 84.9 Å². The highest BCUT2D eigenvalue weighted by molar-refractivity contribution is 5.84. The summed E-state index contributed by atoms with van der Waals surface area (Å²) in [7, 11) is 0. The fraction of sp³-hybridized carbons (Fsp3) is 0. The van der Waals surface area contributed by atoms with E-state index in [2.05, 4.69) is 68.5 Å². The Morgan fingerprint density at radius 2 is 0.433 bits per heavy atom. The summed E-state index contributed by atoms with van der Waals surface area (Å²) in [5.41, 5.74) is 14.8. The summed E-state index contributed by atoms with van der Waals surface area (Å²) in [5.74, 6) is 0. The van der Waals surface area contributed by atoms with Gasteiger partial charge in [-0.3, -0.25) is 19.9 Å². The van der Waals surface area contributed by atoms with Crippen molar-refractivity contribution in [3.05, 3.63) is 207 Å². The fourth-order valence-corrected chi connectivity index (χ4v) is 7.14. The predicted octanol–water partition coefficient (Wildman–Crippen LogP) is 11.8. The van der Waals surface area contributed by atoms with Gasteiger partial charge in [-0.2, -0.15) is 0 Å². The minimum atomic E-state index is 0.711. The van der Waals surface area contributed by atoms with Gasteiger partial charge < -0.3 is 0 Å². The topological polar surface area (TPSA) is 103 Å². The molecule has 0 saturated carbocycles. The molecule has 10 rings (SSSR count). The third kappa shape index (κ3) is 7.68.